The molecule has 0 saturated heterocycles. The fraction of sp³-hybridized carbons (Fsp3) is 0.875. The van der Waals surface area contributed by atoms with Gasteiger partial charge in [-0.05, 0) is 66.2 Å². The Bertz CT molecular complexity index is 358. The van der Waals surface area contributed by atoms with Gasteiger partial charge in [-0.25, -0.2) is 9.59 Å². The highest BCUT2D eigenvalue weighted by molar-refractivity contribution is 5.68. The predicted molar refractivity (Wildman–Crippen MR) is 84.7 cm³/mol. The van der Waals surface area contributed by atoms with Crippen molar-refractivity contribution in [2.24, 2.45) is 11.8 Å². The van der Waals surface area contributed by atoms with Gasteiger partial charge >= 0.3 is 12.2 Å². The SMILES string of the molecule is CC(C)(C)OC(=O)NC[C@@H]1CC[C@H]1CNC(=O)OC(C)(C)C. The predicted octanol–water partition coefficient (Wildman–Crippen LogP) is 3.06. The molecule has 1 fully saturated rings. The van der Waals surface area contributed by atoms with Crippen molar-refractivity contribution in [3.8, 4) is 0 Å². The first-order valence-electron chi connectivity index (χ1n) is 7.90. The van der Waals surface area contributed by atoms with Crippen LogP contribution in [0.4, 0.5) is 9.59 Å². The second-order valence-electron chi connectivity index (χ2n) is 7.86. The molecule has 22 heavy (non-hydrogen) atoms. The summed E-state index contributed by atoms with van der Waals surface area (Å²) in [5.41, 5.74) is -0.970. The molecule has 0 heterocycles. The molecule has 1 saturated carbocycles. The van der Waals surface area contributed by atoms with E-state index in [0.29, 0.717) is 24.9 Å². The molecule has 0 aromatic heterocycles. The highest BCUT2D eigenvalue weighted by Crippen LogP contribution is 2.33. The van der Waals surface area contributed by atoms with E-state index in [1.807, 2.05) is 41.5 Å². The van der Waals surface area contributed by atoms with Gasteiger partial charge in [-0.2, -0.15) is 0 Å². The van der Waals surface area contributed by atoms with Gasteiger partial charge in [0.1, 0.15) is 11.2 Å². The maximum absolute atomic E-state index is 11.6. The summed E-state index contributed by atoms with van der Waals surface area (Å²) in [5, 5.41) is 5.58. The zero-order valence-electron chi connectivity index (χ0n) is 14.6. The molecule has 2 atom stereocenters. The summed E-state index contributed by atoms with van der Waals surface area (Å²) in [5.74, 6) is 0.755. The highest BCUT2D eigenvalue weighted by Gasteiger charge is 2.32. The smallest absolute Gasteiger partial charge is 0.407 e. The maximum atomic E-state index is 11.6. The molecule has 0 aromatic rings. The van der Waals surface area contributed by atoms with Gasteiger partial charge in [-0.15, -0.1) is 0 Å². The Morgan fingerprint density at radius 2 is 1.14 bits per heavy atom. The summed E-state index contributed by atoms with van der Waals surface area (Å²) in [4.78, 5) is 23.2. The zero-order chi connectivity index (χ0) is 17.0. The molecule has 6 nitrogen and oxygen atoms in total. The van der Waals surface area contributed by atoms with E-state index in [9.17, 15) is 9.59 Å². The van der Waals surface area contributed by atoms with E-state index >= 15 is 0 Å². The molecule has 0 bridgehead atoms. The van der Waals surface area contributed by atoms with Crippen molar-refractivity contribution >= 4 is 12.2 Å². The van der Waals surface area contributed by atoms with Crippen LogP contribution in [0, 0.1) is 11.8 Å². The van der Waals surface area contributed by atoms with Gasteiger partial charge in [0.15, 0.2) is 0 Å². The molecule has 0 radical (unpaired) electrons. The first-order chi connectivity index (χ1) is 9.96. The summed E-state index contributed by atoms with van der Waals surface area (Å²) in [6.45, 7) is 12.2. The fourth-order valence-corrected chi connectivity index (χ4v) is 2.23. The lowest BCUT2D eigenvalue weighted by molar-refractivity contribution is 0.0443. The van der Waals surface area contributed by atoms with E-state index in [-0.39, 0.29) is 0 Å². The van der Waals surface area contributed by atoms with Crippen molar-refractivity contribution in [3.05, 3.63) is 0 Å². The molecule has 1 rings (SSSR count). The van der Waals surface area contributed by atoms with Gasteiger partial charge < -0.3 is 20.1 Å². The van der Waals surface area contributed by atoms with Crippen molar-refractivity contribution < 1.29 is 19.1 Å². The Hall–Kier alpha value is -1.46. The first-order valence-corrected chi connectivity index (χ1v) is 7.90. The number of carbonyl (C=O) groups is 2. The second-order valence-corrected chi connectivity index (χ2v) is 7.86. The molecule has 0 spiro atoms. The third-order valence-electron chi connectivity index (χ3n) is 3.39. The van der Waals surface area contributed by atoms with Crippen molar-refractivity contribution in [2.75, 3.05) is 13.1 Å². The number of hydrogen-bond acceptors (Lipinski definition) is 4. The van der Waals surface area contributed by atoms with E-state index in [1.54, 1.807) is 0 Å². The van der Waals surface area contributed by atoms with Crippen LogP contribution in [0.25, 0.3) is 0 Å². The molecule has 2 N–H and O–H groups in total. The van der Waals surface area contributed by atoms with Crippen molar-refractivity contribution in [2.45, 2.75) is 65.6 Å². The molecule has 6 heteroatoms. The van der Waals surface area contributed by atoms with E-state index < -0.39 is 23.4 Å². The maximum Gasteiger partial charge on any atom is 0.407 e. The first kappa shape index (κ1) is 18.6. The molecule has 1 aliphatic carbocycles. The van der Waals surface area contributed by atoms with Gasteiger partial charge in [0.25, 0.3) is 0 Å². The number of nitrogens with one attached hydrogen (secondary N) is 2. The topological polar surface area (TPSA) is 76.7 Å². The van der Waals surface area contributed by atoms with Gasteiger partial charge in [0.05, 0.1) is 0 Å². The molecule has 1 aliphatic rings. The third-order valence-corrected chi connectivity index (χ3v) is 3.39. The number of ether oxygens (including phenoxy) is 2. The van der Waals surface area contributed by atoms with Crippen molar-refractivity contribution in [3.63, 3.8) is 0 Å². The van der Waals surface area contributed by atoms with E-state index in [2.05, 4.69) is 10.6 Å². The largest absolute Gasteiger partial charge is 0.444 e. The minimum Gasteiger partial charge on any atom is -0.444 e. The van der Waals surface area contributed by atoms with Crippen molar-refractivity contribution in [1.82, 2.24) is 10.6 Å². The lowest BCUT2D eigenvalue weighted by Gasteiger charge is -2.37. The molecule has 0 aromatic carbocycles. The summed E-state index contributed by atoms with van der Waals surface area (Å²) < 4.78 is 10.4. The Balaban J connectivity index is 2.23. The molecule has 128 valence electrons. The Kier molecular flexibility index (Phi) is 6.08. The summed E-state index contributed by atoms with van der Waals surface area (Å²) in [6, 6.07) is 0. The molecule has 0 unspecified atom stereocenters. The van der Waals surface area contributed by atoms with Crippen LogP contribution in [0.3, 0.4) is 0 Å². The summed E-state index contributed by atoms with van der Waals surface area (Å²) in [7, 11) is 0. The average Bonchev–Trinajstić information content (AvgIpc) is 2.22. The number of alkyl carbamates (subject to hydrolysis) is 2. The van der Waals surface area contributed by atoms with Crippen LogP contribution in [0.2, 0.25) is 0 Å². The monoisotopic (exact) mass is 314 g/mol. The minimum absolute atomic E-state index is 0.377. The van der Waals surface area contributed by atoms with Gasteiger partial charge in [0, 0.05) is 13.1 Å². The second kappa shape index (κ2) is 7.20. The van der Waals surface area contributed by atoms with Crippen LogP contribution in [0.5, 0.6) is 0 Å². The van der Waals surface area contributed by atoms with Gasteiger partial charge in [-0.1, -0.05) is 0 Å². The Morgan fingerprint density at radius 3 is 1.36 bits per heavy atom. The van der Waals surface area contributed by atoms with Crippen LogP contribution < -0.4 is 10.6 Å². The lowest BCUT2D eigenvalue weighted by atomic mass is 9.73. The van der Waals surface area contributed by atoms with E-state index in [1.165, 1.54) is 0 Å². The third kappa shape index (κ3) is 7.52. The Morgan fingerprint density at radius 1 is 0.818 bits per heavy atom. The van der Waals surface area contributed by atoms with Crippen LogP contribution in [-0.4, -0.2) is 36.5 Å². The van der Waals surface area contributed by atoms with Crippen LogP contribution in [0.1, 0.15) is 54.4 Å². The molecular formula is C16H30N2O4. The summed E-state index contributed by atoms with van der Waals surface area (Å²) >= 11 is 0. The Labute approximate surface area is 133 Å². The molecule has 2 amide bonds. The lowest BCUT2D eigenvalue weighted by Crippen LogP contribution is -2.45. The van der Waals surface area contributed by atoms with Gasteiger partial charge in [-0.3, -0.25) is 0 Å². The molecular weight excluding hydrogens is 284 g/mol. The number of hydrogen-bond donors (Lipinski definition) is 2. The normalized spacial score (nSPS) is 21.5. The average molecular weight is 314 g/mol. The number of carbonyl (C=O) groups excluding carboxylic acids is 2. The number of rotatable bonds is 4. The van der Waals surface area contributed by atoms with Crippen molar-refractivity contribution in [1.29, 1.82) is 0 Å². The zero-order valence-corrected chi connectivity index (χ0v) is 14.6. The van der Waals surface area contributed by atoms with Crippen LogP contribution in [0.15, 0.2) is 0 Å². The van der Waals surface area contributed by atoms with Crippen LogP contribution in [-0.2, 0) is 9.47 Å². The highest BCUT2D eigenvalue weighted by atomic mass is 16.6. The van der Waals surface area contributed by atoms with Crippen LogP contribution >= 0.6 is 0 Å². The van der Waals surface area contributed by atoms with E-state index in [0.717, 1.165) is 12.8 Å². The number of amides is 2. The fourth-order valence-electron chi connectivity index (χ4n) is 2.23. The minimum atomic E-state index is -0.485. The van der Waals surface area contributed by atoms with Gasteiger partial charge in [0.2, 0.25) is 0 Å². The standard InChI is InChI=1S/C16H30N2O4/c1-15(2,3)21-13(19)17-9-11-7-8-12(11)10-18-14(20)22-16(4,5)6/h11-12H,7-10H2,1-6H3,(H,17,19)(H,18,20)/t11-,12-/m0/s1. The summed E-state index contributed by atoms with van der Waals surface area (Å²) in [6.07, 6.45) is 1.32. The van der Waals surface area contributed by atoms with E-state index in [4.69, 9.17) is 9.47 Å². The molecule has 0 aliphatic heterocycles. The quantitative estimate of drug-likeness (QED) is 0.836.